The Balaban J connectivity index is 2.00. The Hall–Kier alpha value is 0.400. The van der Waals surface area contributed by atoms with Gasteiger partial charge in [0.2, 0.25) is 0 Å². The molecular formula is C10H16OS2. The molecule has 2 rings (SSSR count). The molecule has 0 unspecified atom stereocenters. The van der Waals surface area contributed by atoms with Gasteiger partial charge in [0.1, 0.15) is 0 Å². The normalized spacial score (nSPS) is 36.8. The summed E-state index contributed by atoms with van der Waals surface area (Å²) in [5.41, 5.74) is 1.28. The quantitative estimate of drug-likeness (QED) is 0.680. The molecule has 0 spiro atoms. The maximum absolute atomic E-state index is 9.82. The van der Waals surface area contributed by atoms with E-state index in [9.17, 15) is 5.11 Å². The van der Waals surface area contributed by atoms with E-state index >= 15 is 0 Å². The largest absolute Gasteiger partial charge is 0.392 e. The van der Waals surface area contributed by atoms with Gasteiger partial charge in [0, 0.05) is 5.92 Å². The SMILES string of the molecule is C=C1CC[C@H](O)[C@H]1C1SCCCS1. The zero-order valence-corrected chi connectivity index (χ0v) is 9.37. The maximum Gasteiger partial charge on any atom is 0.0627 e. The minimum absolute atomic E-state index is 0.115. The fourth-order valence-electron chi connectivity index (χ4n) is 2.04. The van der Waals surface area contributed by atoms with Crippen LogP contribution in [0.15, 0.2) is 12.2 Å². The van der Waals surface area contributed by atoms with Gasteiger partial charge in [0.05, 0.1) is 10.7 Å². The summed E-state index contributed by atoms with van der Waals surface area (Å²) in [5, 5.41) is 9.82. The van der Waals surface area contributed by atoms with E-state index in [1.54, 1.807) is 0 Å². The van der Waals surface area contributed by atoms with Gasteiger partial charge in [0.25, 0.3) is 0 Å². The number of aliphatic hydroxyl groups excluding tert-OH is 1. The van der Waals surface area contributed by atoms with Crippen LogP contribution in [0.5, 0.6) is 0 Å². The van der Waals surface area contributed by atoms with Crippen molar-refractivity contribution in [3.8, 4) is 0 Å². The second-order valence-corrected chi connectivity index (χ2v) is 6.55. The molecular weight excluding hydrogens is 200 g/mol. The number of aliphatic hydroxyl groups is 1. The van der Waals surface area contributed by atoms with E-state index in [0.29, 0.717) is 10.5 Å². The zero-order valence-electron chi connectivity index (χ0n) is 7.74. The molecule has 0 radical (unpaired) electrons. The molecule has 1 heterocycles. The van der Waals surface area contributed by atoms with Crippen LogP contribution in [0.4, 0.5) is 0 Å². The minimum Gasteiger partial charge on any atom is -0.392 e. The van der Waals surface area contributed by atoms with Crippen LogP contribution < -0.4 is 0 Å². The predicted octanol–water partition coefficient (Wildman–Crippen LogP) is 2.51. The van der Waals surface area contributed by atoms with Crippen molar-refractivity contribution in [2.24, 2.45) is 5.92 Å². The molecule has 2 aliphatic rings. The number of hydrogen-bond donors (Lipinski definition) is 1. The van der Waals surface area contributed by atoms with E-state index in [0.717, 1.165) is 12.8 Å². The van der Waals surface area contributed by atoms with Crippen molar-refractivity contribution in [3.05, 3.63) is 12.2 Å². The van der Waals surface area contributed by atoms with Crippen molar-refractivity contribution < 1.29 is 5.11 Å². The Kier molecular flexibility index (Phi) is 3.27. The molecule has 0 aromatic heterocycles. The molecule has 13 heavy (non-hydrogen) atoms. The summed E-state index contributed by atoms with van der Waals surface area (Å²) < 4.78 is 0.582. The molecule has 74 valence electrons. The van der Waals surface area contributed by atoms with Crippen LogP contribution in [-0.4, -0.2) is 27.3 Å². The lowest BCUT2D eigenvalue weighted by Crippen LogP contribution is -2.26. The summed E-state index contributed by atoms with van der Waals surface area (Å²) >= 11 is 4.02. The summed E-state index contributed by atoms with van der Waals surface area (Å²) in [6, 6.07) is 0. The first-order valence-electron chi connectivity index (χ1n) is 4.88. The standard InChI is InChI=1S/C10H16OS2/c1-7-3-4-8(11)9(7)10-12-5-2-6-13-10/h8-11H,1-6H2/t8-,9-/m0/s1. The third-order valence-electron chi connectivity index (χ3n) is 2.79. The van der Waals surface area contributed by atoms with E-state index in [-0.39, 0.29) is 6.10 Å². The van der Waals surface area contributed by atoms with Gasteiger partial charge < -0.3 is 5.11 Å². The molecule has 2 fully saturated rings. The fraction of sp³-hybridized carbons (Fsp3) is 0.800. The Labute approximate surface area is 88.4 Å². The van der Waals surface area contributed by atoms with Crippen LogP contribution in [-0.2, 0) is 0 Å². The van der Waals surface area contributed by atoms with Crippen molar-refractivity contribution in [2.75, 3.05) is 11.5 Å². The molecule has 0 amide bonds. The summed E-state index contributed by atoms with van der Waals surface area (Å²) in [6.45, 7) is 4.07. The van der Waals surface area contributed by atoms with Gasteiger partial charge in [-0.3, -0.25) is 0 Å². The Morgan fingerprint density at radius 3 is 2.54 bits per heavy atom. The fourth-order valence-corrected chi connectivity index (χ4v) is 5.43. The average Bonchev–Trinajstić information content (AvgIpc) is 2.48. The van der Waals surface area contributed by atoms with Crippen molar-refractivity contribution in [1.82, 2.24) is 0 Å². The van der Waals surface area contributed by atoms with Crippen LogP contribution in [0.25, 0.3) is 0 Å². The number of rotatable bonds is 1. The second kappa shape index (κ2) is 4.28. The lowest BCUT2D eigenvalue weighted by Gasteiger charge is -2.29. The molecule has 1 N–H and O–H groups in total. The summed E-state index contributed by atoms with van der Waals surface area (Å²) in [7, 11) is 0. The first-order valence-corrected chi connectivity index (χ1v) is 6.98. The third kappa shape index (κ3) is 2.08. The third-order valence-corrected chi connectivity index (χ3v) is 5.90. The zero-order chi connectivity index (χ0) is 9.26. The van der Waals surface area contributed by atoms with Crippen LogP contribution in [0.3, 0.4) is 0 Å². The summed E-state index contributed by atoms with van der Waals surface area (Å²) in [4.78, 5) is 0. The second-order valence-electron chi connectivity index (χ2n) is 3.75. The highest BCUT2D eigenvalue weighted by atomic mass is 32.2. The molecule has 3 heteroatoms. The lowest BCUT2D eigenvalue weighted by atomic mass is 10.1. The van der Waals surface area contributed by atoms with Crippen LogP contribution >= 0.6 is 23.5 Å². The molecule has 0 aromatic carbocycles. The summed E-state index contributed by atoms with van der Waals surface area (Å²) in [6.07, 6.45) is 3.17. The van der Waals surface area contributed by atoms with E-state index in [1.165, 1.54) is 23.5 Å². The van der Waals surface area contributed by atoms with Crippen LogP contribution in [0.2, 0.25) is 0 Å². The van der Waals surface area contributed by atoms with Crippen molar-refractivity contribution in [1.29, 1.82) is 0 Å². The van der Waals surface area contributed by atoms with Crippen molar-refractivity contribution in [3.63, 3.8) is 0 Å². The highest BCUT2D eigenvalue weighted by molar-refractivity contribution is 8.17. The average molecular weight is 216 g/mol. The van der Waals surface area contributed by atoms with E-state index in [2.05, 4.69) is 6.58 Å². The molecule has 1 saturated heterocycles. The minimum atomic E-state index is -0.115. The van der Waals surface area contributed by atoms with E-state index in [1.807, 2.05) is 23.5 Å². The number of hydrogen-bond acceptors (Lipinski definition) is 3. The van der Waals surface area contributed by atoms with Crippen molar-refractivity contribution in [2.45, 2.75) is 29.9 Å². The van der Waals surface area contributed by atoms with Crippen molar-refractivity contribution >= 4 is 23.5 Å². The Morgan fingerprint density at radius 2 is 2.00 bits per heavy atom. The van der Waals surface area contributed by atoms with Gasteiger partial charge in [-0.05, 0) is 30.8 Å². The molecule has 1 nitrogen and oxygen atoms in total. The molecule has 1 saturated carbocycles. The van der Waals surface area contributed by atoms with E-state index < -0.39 is 0 Å². The highest BCUT2D eigenvalue weighted by Gasteiger charge is 2.36. The molecule has 0 bridgehead atoms. The maximum atomic E-state index is 9.82. The van der Waals surface area contributed by atoms with E-state index in [4.69, 9.17) is 0 Å². The van der Waals surface area contributed by atoms with Crippen LogP contribution in [0, 0.1) is 5.92 Å². The summed E-state index contributed by atoms with van der Waals surface area (Å²) in [5.74, 6) is 2.89. The van der Waals surface area contributed by atoms with Gasteiger partial charge in [-0.15, -0.1) is 23.5 Å². The van der Waals surface area contributed by atoms with Gasteiger partial charge >= 0.3 is 0 Å². The molecule has 1 aliphatic carbocycles. The Bertz CT molecular complexity index is 199. The monoisotopic (exact) mass is 216 g/mol. The smallest absolute Gasteiger partial charge is 0.0627 e. The molecule has 2 atom stereocenters. The van der Waals surface area contributed by atoms with Gasteiger partial charge in [-0.25, -0.2) is 0 Å². The van der Waals surface area contributed by atoms with Gasteiger partial charge in [0.15, 0.2) is 0 Å². The first-order chi connectivity index (χ1) is 6.29. The first kappa shape index (κ1) is 9.94. The topological polar surface area (TPSA) is 20.2 Å². The number of thioether (sulfide) groups is 2. The van der Waals surface area contributed by atoms with Gasteiger partial charge in [-0.2, -0.15) is 0 Å². The molecule has 1 aliphatic heterocycles. The highest BCUT2D eigenvalue weighted by Crippen LogP contribution is 2.44. The van der Waals surface area contributed by atoms with Crippen LogP contribution in [0.1, 0.15) is 19.3 Å². The lowest BCUT2D eigenvalue weighted by molar-refractivity contribution is 0.148. The predicted molar refractivity (Wildman–Crippen MR) is 61.2 cm³/mol. The van der Waals surface area contributed by atoms with Gasteiger partial charge in [-0.1, -0.05) is 12.2 Å². The molecule has 0 aromatic rings. The Morgan fingerprint density at radius 1 is 1.31 bits per heavy atom.